The maximum absolute atomic E-state index is 13.6. The van der Waals surface area contributed by atoms with E-state index in [-0.39, 0.29) is 24.6 Å². The van der Waals surface area contributed by atoms with Crippen molar-refractivity contribution < 1.29 is 9.18 Å². The summed E-state index contributed by atoms with van der Waals surface area (Å²) in [5.74, 6) is -0.705. The highest BCUT2D eigenvalue weighted by atomic mass is 19.1. The van der Waals surface area contributed by atoms with Gasteiger partial charge in [0.1, 0.15) is 5.82 Å². The Bertz CT molecular complexity index is 1290. The van der Waals surface area contributed by atoms with Gasteiger partial charge in [0.15, 0.2) is 0 Å². The number of amides is 1. The van der Waals surface area contributed by atoms with E-state index < -0.39 is 5.41 Å². The third-order valence-electron chi connectivity index (χ3n) is 5.50. The molecule has 6 nitrogen and oxygen atoms in total. The lowest BCUT2D eigenvalue weighted by Gasteiger charge is -2.26. The van der Waals surface area contributed by atoms with Gasteiger partial charge in [-0.05, 0) is 48.4 Å². The molecule has 2 aromatic carbocycles. The zero-order chi connectivity index (χ0) is 21.5. The minimum absolute atomic E-state index is 0.194. The van der Waals surface area contributed by atoms with Crippen LogP contribution in [0, 0.1) is 17.1 Å². The molecule has 2 heterocycles. The number of rotatable bonds is 6. The highest BCUT2D eigenvalue weighted by Crippen LogP contribution is 2.40. The molecular formula is C23H22FN5O. The molecule has 0 aliphatic heterocycles. The lowest BCUT2D eigenvalue weighted by molar-refractivity contribution is -0.117. The number of primary amides is 1. The summed E-state index contributed by atoms with van der Waals surface area (Å²) in [7, 11) is 0. The van der Waals surface area contributed by atoms with Gasteiger partial charge in [-0.25, -0.2) is 4.39 Å². The van der Waals surface area contributed by atoms with Crippen LogP contribution in [0.25, 0.3) is 27.5 Å². The van der Waals surface area contributed by atoms with Crippen LogP contribution in [0.1, 0.15) is 37.9 Å². The summed E-state index contributed by atoms with van der Waals surface area (Å²) in [6, 6.07) is 12.6. The van der Waals surface area contributed by atoms with E-state index in [0.717, 1.165) is 38.8 Å². The first-order valence-electron chi connectivity index (χ1n) is 9.74. The standard InChI is InChI=1S/C23H22FN5O/c1-23(2,9-10-25)22-17(7-8-21(26)30)18-12-19-14(13-27-28-19)11-20(18)29(22)16-5-3-15(24)4-6-16/h3-6,11-13H,7-9H2,1-2H3,(H2,26,30)(H,27,28). The number of carbonyl (C=O) groups excluding carboxylic acids is 1. The topological polar surface area (TPSA) is 100 Å². The van der Waals surface area contributed by atoms with E-state index in [4.69, 9.17) is 5.73 Å². The molecule has 0 saturated heterocycles. The molecule has 0 spiro atoms. The molecule has 0 unspecified atom stereocenters. The summed E-state index contributed by atoms with van der Waals surface area (Å²) < 4.78 is 15.7. The van der Waals surface area contributed by atoms with Crippen molar-refractivity contribution in [2.75, 3.05) is 0 Å². The van der Waals surface area contributed by atoms with E-state index in [0.29, 0.717) is 6.42 Å². The first-order chi connectivity index (χ1) is 14.3. The molecule has 0 aliphatic rings. The first-order valence-corrected chi connectivity index (χ1v) is 9.74. The number of nitrogens with zero attached hydrogens (tertiary/aromatic N) is 3. The molecule has 0 bridgehead atoms. The smallest absolute Gasteiger partial charge is 0.217 e. The summed E-state index contributed by atoms with van der Waals surface area (Å²) in [6.45, 7) is 4.01. The van der Waals surface area contributed by atoms with Gasteiger partial charge in [0, 0.05) is 40.4 Å². The Morgan fingerprint density at radius 3 is 2.70 bits per heavy atom. The van der Waals surface area contributed by atoms with Crippen molar-refractivity contribution in [2.24, 2.45) is 5.73 Å². The second-order valence-electron chi connectivity index (χ2n) is 8.15. The SMILES string of the molecule is CC(C)(CC#N)c1c(CCC(N)=O)c2cc3[nH]ncc3cc2n1-c1ccc(F)cc1. The third kappa shape index (κ3) is 3.30. The molecule has 0 atom stereocenters. The summed E-state index contributed by atoms with van der Waals surface area (Å²) >= 11 is 0. The van der Waals surface area contributed by atoms with E-state index in [1.54, 1.807) is 18.3 Å². The molecule has 4 rings (SSSR count). The minimum atomic E-state index is -0.513. The number of aryl methyl sites for hydroxylation is 1. The summed E-state index contributed by atoms with van der Waals surface area (Å²) in [4.78, 5) is 11.6. The van der Waals surface area contributed by atoms with Crippen LogP contribution >= 0.6 is 0 Å². The molecular weight excluding hydrogens is 381 g/mol. The van der Waals surface area contributed by atoms with E-state index in [9.17, 15) is 14.4 Å². The van der Waals surface area contributed by atoms with Crippen LogP contribution in [-0.4, -0.2) is 20.7 Å². The van der Waals surface area contributed by atoms with Crippen LogP contribution in [-0.2, 0) is 16.6 Å². The fourth-order valence-corrected chi connectivity index (χ4v) is 4.14. The highest BCUT2D eigenvalue weighted by molar-refractivity contribution is 5.99. The average Bonchev–Trinajstić information content (AvgIpc) is 3.27. The van der Waals surface area contributed by atoms with Gasteiger partial charge >= 0.3 is 0 Å². The molecule has 0 radical (unpaired) electrons. The van der Waals surface area contributed by atoms with Crippen molar-refractivity contribution in [3.63, 3.8) is 0 Å². The summed E-state index contributed by atoms with van der Waals surface area (Å²) in [5, 5.41) is 18.5. The molecule has 0 aliphatic carbocycles. The Morgan fingerprint density at radius 2 is 2.03 bits per heavy atom. The van der Waals surface area contributed by atoms with Crippen LogP contribution in [0.5, 0.6) is 0 Å². The zero-order valence-electron chi connectivity index (χ0n) is 16.9. The fraction of sp³-hybridized carbons (Fsp3) is 0.261. The zero-order valence-corrected chi connectivity index (χ0v) is 16.9. The lowest BCUT2D eigenvalue weighted by atomic mass is 9.82. The van der Waals surface area contributed by atoms with Gasteiger partial charge in [-0.1, -0.05) is 13.8 Å². The number of hydrogen-bond donors (Lipinski definition) is 2. The Balaban J connectivity index is 2.12. The van der Waals surface area contributed by atoms with E-state index >= 15 is 0 Å². The number of fused-ring (bicyclic) bond motifs is 2. The fourth-order valence-electron chi connectivity index (χ4n) is 4.14. The number of nitriles is 1. The molecule has 152 valence electrons. The van der Waals surface area contributed by atoms with Crippen molar-refractivity contribution in [3.8, 4) is 11.8 Å². The predicted octanol–water partition coefficient (Wildman–Crippen LogP) is 4.26. The molecule has 7 heteroatoms. The van der Waals surface area contributed by atoms with Crippen LogP contribution in [0.2, 0.25) is 0 Å². The number of aromatic nitrogens is 3. The largest absolute Gasteiger partial charge is 0.370 e. The number of hydrogen-bond acceptors (Lipinski definition) is 3. The van der Waals surface area contributed by atoms with Crippen LogP contribution in [0.3, 0.4) is 0 Å². The van der Waals surface area contributed by atoms with Crippen molar-refractivity contribution in [1.29, 1.82) is 5.26 Å². The van der Waals surface area contributed by atoms with E-state index in [1.807, 2.05) is 26.0 Å². The second kappa shape index (κ2) is 7.30. The number of nitrogens with two attached hydrogens (primary N) is 1. The van der Waals surface area contributed by atoms with Gasteiger partial charge in [-0.3, -0.25) is 9.89 Å². The Labute approximate surface area is 173 Å². The maximum Gasteiger partial charge on any atom is 0.217 e. The molecule has 4 aromatic rings. The van der Waals surface area contributed by atoms with Gasteiger partial charge in [-0.15, -0.1) is 0 Å². The predicted molar refractivity (Wildman–Crippen MR) is 114 cm³/mol. The molecule has 3 N–H and O–H groups in total. The Hall–Kier alpha value is -3.66. The Kier molecular flexibility index (Phi) is 4.78. The number of halogens is 1. The number of benzene rings is 2. The van der Waals surface area contributed by atoms with Crippen molar-refractivity contribution in [2.45, 2.75) is 38.5 Å². The first kappa shape index (κ1) is 19.6. The third-order valence-corrected chi connectivity index (χ3v) is 5.50. The monoisotopic (exact) mass is 403 g/mol. The second-order valence-corrected chi connectivity index (χ2v) is 8.15. The molecule has 30 heavy (non-hydrogen) atoms. The number of H-pyrrole nitrogens is 1. The van der Waals surface area contributed by atoms with Crippen LogP contribution in [0.15, 0.2) is 42.6 Å². The van der Waals surface area contributed by atoms with Crippen LogP contribution < -0.4 is 5.73 Å². The maximum atomic E-state index is 13.6. The lowest BCUT2D eigenvalue weighted by Crippen LogP contribution is -2.23. The molecule has 1 amide bonds. The molecule has 0 saturated carbocycles. The van der Waals surface area contributed by atoms with Crippen LogP contribution in [0.4, 0.5) is 4.39 Å². The van der Waals surface area contributed by atoms with Gasteiger partial charge in [0.05, 0.1) is 23.3 Å². The summed E-state index contributed by atoms with van der Waals surface area (Å²) in [6.07, 6.45) is 2.68. The van der Waals surface area contributed by atoms with E-state index in [1.165, 1.54) is 12.1 Å². The van der Waals surface area contributed by atoms with Gasteiger partial charge in [0.2, 0.25) is 5.91 Å². The number of aromatic amines is 1. The van der Waals surface area contributed by atoms with Crippen molar-refractivity contribution in [3.05, 3.63) is 59.7 Å². The number of nitrogens with one attached hydrogen (secondary N) is 1. The minimum Gasteiger partial charge on any atom is -0.370 e. The highest BCUT2D eigenvalue weighted by Gasteiger charge is 2.31. The quantitative estimate of drug-likeness (QED) is 0.503. The summed E-state index contributed by atoms with van der Waals surface area (Å²) in [5.41, 5.74) is 9.41. The molecule has 0 fully saturated rings. The van der Waals surface area contributed by atoms with Crippen molar-refractivity contribution in [1.82, 2.24) is 14.8 Å². The van der Waals surface area contributed by atoms with Gasteiger partial charge in [0.25, 0.3) is 0 Å². The number of carbonyl (C=O) groups is 1. The van der Waals surface area contributed by atoms with Gasteiger partial charge in [-0.2, -0.15) is 10.4 Å². The normalized spacial score (nSPS) is 11.8. The van der Waals surface area contributed by atoms with Crippen molar-refractivity contribution >= 4 is 27.7 Å². The Morgan fingerprint density at radius 1 is 1.30 bits per heavy atom. The van der Waals surface area contributed by atoms with E-state index in [2.05, 4.69) is 20.8 Å². The van der Waals surface area contributed by atoms with Gasteiger partial charge < -0.3 is 10.3 Å². The average molecular weight is 403 g/mol. The molecule has 2 aromatic heterocycles.